The van der Waals surface area contributed by atoms with Crippen LogP contribution in [0, 0.1) is 5.92 Å². The van der Waals surface area contributed by atoms with Crippen molar-refractivity contribution in [2.75, 3.05) is 11.9 Å². The van der Waals surface area contributed by atoms with E-state index in [0.717, 1.165) is 17.7 Å². The fourth-order valence-corrected chi connectivity index (χ4v) is 2.15. The van der Waals surface area contributed by atoms with Crippen molar-refractivity contribution < 1.29 is 9.59 Å². The number of hydrogen-bond acceptors (Lipinski definition) is 2. The van der Waals surface area contributed by atoms with Gasteiger partial charge in [0.1, 0.15) is 6.54 Å². The second kappa shape index (κ2) is 5.87. The highest BCUT2D eigenvalue weighted by atomic mass is 16.2. The zero-order chi connectivity index (χ0) is 13.8. The third-order valence-electron chi connectivity index (χ3n) is 3.56. The Bertz CT molecular complexity index is 485. The molecule has 1 aromatic rings. The summed E-state index contributed by atoms with van der Waals surface area (Å²) >= 11 is 0. The van der Waals surface area contributed by atoms with Crippen LogP contribution in [0.4, 0.5) is 5.69 Å². The lowest BCUT2D eigenvalue weighted by Gasteiger charge is -2.21. The van der Waals surface area contributed by atoms with Crippen molar-refractivity contribution >= 4 is 17.5 Å². The minimum absolute atomic E-state index is 0.0567. The second-order valence-electron chi connectivity index (χ2n) is 5.17. The summed E-state index contributed by atoms with van der Waals surface area (Å²) in [5.74, 6) is 0.290. The molecule has 4 nitrogen and oxygen atoms in total. The topological polar surface area (TPSA) is 49.4 Å². The average Bonchev–Trinajstić information content (AvgIpc) is 2.56. The first-order valence-corrected chi connectivity index (χ1v) is 6.75. The molecule has 1 aromatic carbocycles. The maximum atomic E-state index is 12.2. The molecule has 0 saturated heterocycles. The standard InChI is InChI=1S/C15H20N2O2/c1-3-11(2)8-15(19)17-9-12-6-4-5-7-13(12)16-14(18)10-17/h4-7,11H,3,8-10H2,1-2H3,(H,16,18). The van der Waals surface area contributed by atoms with Crippen molar-refractivity contribution in [2.24, 2.45) is 5.92 Å². The van der Waals surface area contributed by atoms with Gasteiger partial charge in [0.05, 0.1) is 0 Å². The van der Waals surface area contributed by atoms with Crippen LogP contribution in [0.25, 0.3) is 0 Å². The molecule has 1 heterocycles. The van der Waals surface area contributed by atoms with Gasteiger partial charge in [0.25, 0.3) is 0 Å². The molecular weight excluding hydrogens is 240 g/mol. The normalized spacial score (nSPS) is 16.3. The maximum absolute atomic E-state index is 12.2. The molecule has 19 heavy (non-hydrogen) atoms. The molecule has 0 fully saturated rings. The molecule has 1 atom stereocenters. The van der Waals surface area contributed by atoms with Gasteiger partial charge in [-0.25, -0.2) is 0 Å². The summed E-state index contributed by atoms with van der Waals surface area (Å²) in [4.78, 5) is 25.7. The molecular formula is C15H20N2O2. The molecule has 1 unspecified atom stereocenters. The summed E-state index contributed by atoms with van der Waals surface area (Å²) in [6.45, 7) is 4.78. The van der Waals surface area contributed by atoms with Crippen molar-refractivity contribution in [3.8, 4) is 0 Å². The molecule has 0 radical (unpaired) electrons. The zero-order valence-electron chi connectivity index (χ0n) is 11.5. The van der Waals surface area contributed by atoms with Gasteiger partial charge in [0.2, 0.25) is 11.8 Å². The van der Waals surface area contributed by atoms with Crippen molar-refractivity contribution in [1.29, 1.82) is 0 Å². The maximum Gasteiger partial charge on any atom is 0.244 e. The van der Waals surface area contributed by atoms with E-state index in [1.54, 1.807) is 4.90 Å². The summed E-state index contributed by atoms with van der Waals surface area (Å²) in [5, 5.41) is 2.84. The smallest absolute Gasteiger partial charge is 0.244 e. The van der Waals surface area contributed by atoms with E-state index in [0.29, 0.717) is 18.9 Å². The molecule has 2 rings (SSSR count). The van der Waals surface area contributed by atoms with Gasteiger partial charge in [-0.2, -0.15) is 0 Å². The molecule has 4 heteroatoms. The summed E-state index contributed by atoms with van der Waals surface area (Å²) < 4.78 is 0. The summed E-state index contributed by atoms with van der Waals surface area (Å²) in [6.07, 6.45) is 1.48. The summed E-state index contributed by atoms with van der Waals surface area (Å²) in [6, 6.07) is 7.63. The number of rotatable bonds is 3. The first-order chi connectivity index (χ1) is 9.10. The fraction of sp³-hybridized carbons (Fsp3) is 0.467. The fourth-order valence-electron chi connectivity index (χ4n) is 2.15. The Labute approximate surface area is 113 Å². The van der Waals surface area contributed by atoms with Crippen LogP contribution in [-0.2, 0) is 16.1 Å². The lowest BCUT2D eigenvalue weighted by molar-refractivity contribution is -0.135. The third-order valence-corrected chi connectivity index (χ3v) is 3.56. The van der Waals surface area contributed by atoms with Gasteiger partial charge >= 0.3 is 0 Å². The van der Waals surface area contributed by atoms with E-state index in [9.17, 15) is 9.59 Å². The van der Waals surface area contributed by atoms with Crippen LogP contribution in [0.3, 0.4) is 0 Å². The highest BCUT2D eigenvalue weighted by Crippen LogP contribution is 2.21. The lowest BCUT2D eigenvalue weighted by Crippen LogP contribution is -2.35. The Balaban J connectivity index is 2.15. The van der Waals surface area contributed by atoms with E-state index in [-0.39, 0.29) is 18.4 Å². The Morgan fingerprint density at radius 1 is 1.37 bits per heavy atom. The number of nitrogens with one attached hydrogen (secondary N) is 1. The van der Waals surface area contributed by atoms with Crippen LogP contribution >= 0.6 is 0 Å². The van der Waals surface area contributed by atoms with Gasteiger partial charge in [-0.05, 0) is 17.5 Å². The number of carbonyl (C=O) groups excluding carboxylic acids is 2. The average molecular weight is 260 g/mol. The molecule has 1 aliphatic heterocycles. The Morgan fingerprint density at radius 2 is 2.11 bits per heavy atom. The van der Waals surface area contributed by atoms with Gasteiger partial charge in [-0.15, -0.1) is 0 Å². The van der Waals surface area contributed by atoms with Crippen LogP contribution in [0.2, 0.25) is 0 Å². The van der Waals surface area contributed by atoms with Gasteiger partial charge in [0, 0.05) is 18.7 Å². The zero-order valence-corrected chi connectivity index (χ0v) is 11.5. The van der Waals surface area contributed by atoms with Crippen LogP contribution in [-0.4, -0.2) is 23.3 Å². The van der Waals surface area contributed by atoms with Crippen molar-refractivity contribution in [1.82, 2.24) is 4.90 Å². The molecule has 0 saturated carbocycles. The number of para-hydroxylation sites is 1. The molecule has 0 aromatic heterocycles. The van der Waals surface area contributed by atoms with E-state index < -0.39 is 0 Å². The third kappa shape index (κ3) is 3.34. The van der Waals surface area contributed by atoms with Crippen molar-refractivity contribution in [3.05, 3.63) is 29.8 Å². The molecule has 1 N–H and O–H groups in total. The predicted octanol–water partition coefficient (Wildman–Crippen LogP) is 2.40. The Hall–Kier alpha value is -1.84. The lowest BCUT2D eigenvalue weighted by atomic mass is 10.0. The molecule has 0 bridgehead atoms. The van der Waals surface area contributed by atoms with E-state index in [2.05, 4.69) is 19.2 Å². The van der Waals surface area contributed by atoms with Crippen LogP contribution in [0.15, 0.2) is 24.3 Å². The minimum atomic E-state index is -0.123. The van der Waals surface area contributed by atoms with E-state index >= 15 is 0 Å². The van der Waals surface area contributed by atoms with Crippen LogP contribution in [0.1, 0.15) is 32.3 Å². The van der Waals surface area contributed by atoms with E-state index in [4.69, 9.17) is 0 Å². The van der Waals surface area contributed by atoms with E-state index in [1.165, 1.54) is 0 Å². The van der Waals surface area contributed by atoms with Gasteiger partial charge < -0.3 is 10.2 Å². The Kier molecular flexibility index (Phi) is 4.20. The first-order valence-electron chi connectivity index (χ1n) is 6.75. The van der Waals surface area contributed by atoms with Crippen LogP contribution < -0.4 is 5.32 Å². The highest BCUT2D eigenvalue weighted by molar-refractivity contribution is 5.96. The minimum Gasteiger partial charge on any atom is -0.329 e. The number of fused-ring (bicyclic) bond motifs is 1. The SMILES string of the molecule is CCC(C)CC(=O)N1CC(=O)Nc2ccccc2C1. The van der Waals surface area contributed by atoms with Gasteiger partial charge in [-0.3, -0.25) is 9.59 Å². The van der Waals surface area contributed by atoms with Crippen LogP contribution in [0.5, 0.6) is 0 Å². The van der Waals surface area contributed by atoms with Gasteiger partial charge in [-0.1, -0.05) is 38.5 Å². The van der Waals surface area contributed by atoms with Crippen molar-refractivity contribution in [3.63, 3.8) is 0 Å². The molecule has 0 aliphatic carbocycles. The first kappa shape index (κ1) is 13.6. The number of carbonyl (C=O) groups is 2. The predicted molar refractivity (Wildman–Crippen MR) is 74.6 cm³/mol. The number of hydrogen-bond donors (Lipinski definition) is 1. The number of benzene rings is 1. The number of nitrogens with zero attached hydrogens (tertiary/aromatic N) is 1. The number of anilines is 1. The second-order valence-corrected chi connectivity index (χ2v) is 5.17. The summed E-state index contributed by atoms with van der Waals surface area (Å²) in [7, 11) is 0. The molecule has 2 amide bonds. The Morgan fingerprint density at radius 3 is 2.84 bits per heavy atom. The molecule has 1 aliphatic rings. The highest BCUT2D eigenvalue weighted by Gasteiger charge is 2.23. The largest absolute Gasteiger partial charge is 0.329 e. The summed E-state index contributed by atoms with van der Waals surface area (Å²) in [5.41, 5.74) is 1.80. The van der Waals surface area contributed by atoms with E-state index in [1.807, 2.05) is 24.3 Å². The molecule has 102 valence electrons. The van der Waals surface area contributed by atoms with Crippen molar-refractivity contribution in [2.45, 2.75) is 33.2 Å². The van der Waals surface area contributed by atoms with Gasteiger partial charge in [0.15, 0.2) is 0 Å². The molecule has 0 spiro atoms. The number of amides is 2. The quantitative estimate of drug-likeness (QED) is 0.907. The monoisotopic (exact) mass is 260 g/mol.